The Balaban J connectivity index is 1.49. The number of ether oxygens (including phenoxy) is 1. The van der Waals surface area contributed by atoms with Crippen molar-refractivity contribution in [2.24, 2.45) is 0 Å². The monoisotopic (exact) mass is 378 g/mol. The normalized spacial score (nSPS) is 16.2. The second kappa shape index (κ2) is 9.36. The smallest absolute Gasteiger partial charge is 0.241 e. The van der Waals surface area contributed by atoms with Crippen LogP contribution in [0.4, 0.5) is 5.69 Å². The average Bonchev–Trinajstić information content (AvgIpc) is 2.74. The second-order valence-corrected chi connectivity index (χ2v) is 7.02. The van der Waals surface area contributed by atoms with Gasteiger partial charge in [0.2, 0.25) is 5.91 Å². The minimum absolute atomic E-state index is 0.00575. The molecule has 0 aromatic heterocycles. The third-order valence-electron chi connectivity index (χ3n) is 5.16. The maximum absolute atomic E-state index is 12.6. The van der Waals surface area contributed by atoms with Gasteiger partial charge in [-0.1, -0.05) is 18.2 Å². The van der Waals surface area contributed by atoms with Crippen LogP contribution in [0, 0.1) is 11.3 Å². The molecule has 0 saturated carbocycles. The summed E-state index contributed by atoms with van der Waals surface area (Å²) in [6, 6.07) is 17.1. The van der Waals surface area contributed by atoms with Gasteiger partial charge in [0.05, 0.1) is 24.8 Å². The lowest BCUT2D eigenvalue weighted by Crippen LogP contribution is -2.52. The summed E-state index contributed by atoms with van der Waals surface area (Å²) in [6.45, 7) is 6.34. The number of rotatable bonds is 6. The molecule has 28 heavy (non-hydrogen) atoms. The number of carbonyl (C=O) groups is 1. The number of carbonyl (C=O) groups excluding carboxylic acids is 1. The number of piperazine rings is 1. The largest absolute Gasteiger partial charge is 0.497 e. The zero-order valence-electron chi connectivity index (χ0n) is 16.4. The Kier molecular flexibility index (Phi) is 6.64. The van der Waals surface area contributed by atoms with Gasteiger partial charge in [0.1, 0.15) is 5.75 Å². The van der Waals surface area contributed by atoms with E-state index in [4.69, 9.17) is 10.00 Å². The molecule has 146 valence electrons. The van der Waals surface area contributed by atoms with E-state index in [0.29, 0.717) is 5.56 Å². The van der Waals surface area contributed by atoms with Crippen molar-refractivity contribution in [1.29, 1.82) is 5.26 Å². The lowest BCUT2D eigenvalue weighted by atomic mass is 10.1. The van der Waals surface area contributed by atoms with E-state index in [1.807, 2.05) is 55.5 Å². The van der Waals surface area contributed by atoms with Crippen LogP contribution in [0.25, 0.3) is 0 Å². The van der Waals surface area contributed by atoms with Gasteiger partial charge in [0, 0.05) is 44.5 Å². The maximum atomic E-state index is 12.6. The van der Waals surface area contributed by atoms with Crippen LogP contribution < -0.4 is 10.1 Å². The first kappa shape index (κ1) is 19.9. The summed E-state index contributed by atoms with van der Waals surface area (Å²) < 4.78 is 5.20. The molecule has 6 heteroatoms. The van der Waals surface area contributed by atoms with Gasteiger partial charge in [-0.2, -0.15) is 5.26 Å². The summed E-state index contributed by atoms with van der Waals surface area (Å²) >= 11 is 0. The molecular formula is C22H26N4O2. The molecule has 0 radical (unpaired) electrons. The van der Waals surface area contributed by atoms with Crippen LogP contribution in [0.3, 0.4) is 0 Å². The van der Waals surface area contributed by atoms with E-state index < -0.39 is 0 Å². The van der Waals surface area contributed by atoms with Gasteiger partial charge in [-0.15, -0.1) is 0 Å². The Morgan fingerprint density at radius 3 is 2.54 bits per heavy atom. The average molecular weight is 378 g/mol. The van der Waals surface area contributed by atoms with Crippen molar-refractivity contribution in [3.8, 4) is 11.8 Å². The molecule has 1 atom stereocenters. The van der Waals surface area contributed by atoms with Crippen molar-refractivity contribution in [3.05, 3.63) is 59.7 Å². The molecule has 2 aromatic rings. The van der Waals surface area contributed by atoms with E-state index in [9.17, 15) is 4.79 Å². The van der Waals surface area contributed by atoms with Gasteiger partial charge in [0.15, 0.2) is 0 Å². The predicted molar refractivity (Wildman–Crippen MR) is 109 cm³/mol. The minimum atomic E-state index is -0.191. The highest BCUT2D eigenvalue weighted by atomic mass is 16.5. The van der Waals surface area contributed by atoms with E-state index in [2.05, 4.69) is 21.2 Å². The van der Waals surface area contributed by atoms with Crippen LogP contribution in [0.1, 0.15) is 18.1 Å². The minimum Gasteiger partial charge on any atom is -0.497 e. The highest BCUT2D eigenvalue weighted by Gasteiger charge is 2.25. The lowest BCUT2D eigenvalue weighted by molar-refractivity contribution is -0.121. The molecule has 1 heterocycles. The van der Waals surface area contributed by atoms with Gasteiger partial charge in [-0.05, 0) is 36.8 Å². The number of hydrogen-bond acceptors (Lipinski definition) is 5. The van der Waals surface area contributed by atoms with Crippen molar-refractivity contribution in [3.63, 3.8) is 0 Å². The zero-order chi connectivity index (χ0) is 19.9. The number of nitriles is 1. The molecule has 1 amide bonds. The number of nitrogens with zero attached hydrogens (tertiary/aromatic N) is 3. The Morgan fingerprint density at radius 1 is 1.18 bits per heavy atom. The van der Waals surface area contributed by atoms with Gasteiger partial charge in [-0.3, -0.25) is 14.6 Å². The molecule has 1 aliphatic heterocycles. The van der Waals surface area contributed by atoms with E-state index >= 15 is 0 Å². The summed E-state index contributed by atoms with van der Waals surface area (Å²) in [6.07, 6.45) is 0. The number of methoxy groups -OCH3 is 1. The third-order valence-corrected chi connectivity index (χ3v) is 5.16. The van der Waals surface area contributed by atoms with E-state index in [0.717, 1.165) is 44.2 Å². The summed E-state index contributed by atoms with van der Waals surface area (Å²) in [7, 11) is 1.61. The number of benzene rings is 2. The molecule has 2 aromatic carbocycles. The number of nitrogens with one attached hydrogen (secondary N) is 1. The van der Waals surface area contributed by atoms with Crippen LogP contribution >= 0.6 is 0 Å². The molecule has 6 nitrogen and oxygen atoms in total. The van der Waals surface area contributed by atoms with Gasteiger partial charge in [-0.25, -0.2) is 0 Å². The molecule has 0 aliphatic carbocycles. The molecule has 1 N–H and O–H groups in total. The molecule has 1 fully saturated rings. The Morgan fingerprint density at radius 2 is 1.89 bits per heavy atom. The van der Waals surface area contributed by atoms with E-state index in [1.165, 1.54) is 5.56 Å². The SMILES string of the molecule is COc1cccc(NC(=O)[C@@H](C)N2CCN(Cc3ccc(C#N)cc3)CC2)c1. The molecule has 0 bridgehead atoms. The topological polar surface area (TPSA) is 68.6 Å². The second-order valence-electron chi connectivity index (χ2n) is 7.02. The Hall–Kier alpha value is -2.88. The van der Waals surface area contributed by atoms with Crippen LogP contribution in [0.5, 0.6) is 5.75 Å². The summed E-state index contributed by atoms with van der Waals surface area (Å²) in [5.41, 5.74) is 2.64. The maximum Gasteiger partial charge on any atom is 0.241 e. The fourth-order valence-electron chi connectivity index (χ4n) is 3.36. The number of amides is 1. The standard InChI is InChI=1S/C22H26N4O2/c1-17(22(27)24-20-4-3-5-21(14-20)28-2)26-12-10-25(11-13-26)16-19-8-6-18(15-23)7-9-19/h3-9,14,17H,10-13,16H2,1-2H3,(H,24,27)/t17-/m1/s1. The molecule has 1 aliphatic rings. The van der Waals surface area contributed by atoms with Crippen LogP contribution in [-0.2, 0) is 11.3 Å². The van der Waals surface area contributed by atoms with E-state index in [-0.39, 0.29) is 11.9 Å². The Bertz CT molecular complexity index is 836. The highest BCUT2D eigenvalue weighted by Crippen LogP contribution is 2.18. The van der Waals surface area contributed by atoms with E-state index in [1.54, 1.807) is 7.11 Å². The number of hydrogen-bond donors (Lipinski definition) is 1. The molecule has 3 rings (SSSR count). The van der Waals surface area contributed by atoms with Crippen molar-refractivity contribution in [1.82, 2.24) is 9.80 Å². The predicted octanol–water partition coefficient (Wildman–Crippen LogP) is 2.71. The lowest BCUT2D eigenvalue weighted by Gasteiger charge is -2.37. The van der Waals surface area contributed by atoms with Crippen molar-refractivity contribution in [2.45, 2.75) is 19.5 Å². The quantitative estimate of drug-likeness (QED) is 0.837. The first-order chi connectivity index (χ1) is 13.6. The summed E-state index contributed by atoms with van der Waals surface area (Å²) in [4.78, 5) is 17.2. The molecule has 0 unspecified atom stereocenters. The fourth-order valence-corrected chi connectivity index (χ4v) is 3.36. The molecule has 0 spiro atoms. The Labute approximate surface area is 166 Å². The first-order valence-corrected chi connectivity index (χ1v) is 9.49. The van der Waals surface area contributed by atoms with Crippen molar-refractivity contribution < 1.29 is 9.53 Å². The van der Waals surface area contributed by atoms with Crippen LogP contribution in [0.2, 0.25) is 0 Å². The zero-order valence-corrected chi connectivity index (χ0v) is 16.4. The first-order valence-electron chi connectivity index (χ1n) is 9.49. The molecule has 1 saturated heterocycles. The fraction of sp³-hybridized carbons (Fsp3) is 0.364. The van der Waals surface area contributed by atoms with Gasteiger partial charge >= 0.3 is 0 Å². The van der Waals surface area contributed by atoms with Gasteiger partial charge in [0.25, 0.3) is 0 Å². The van der Waals surface area contributed by atoms with Crippen molar-refractivity contribution in [2.75, 3.05) is 38.6 Å². The van der Waals surface area contributed by atoms with Gasteiger partial charge < -0.3 is 10.1 Å². The summed E-state index contributed by atoms with van der Waals surface area (Å²) in [5.74, 6) is 0.718. The summed E-state index contributed by atoms with van der Waals surface area (Å²) in [5, 5.41) is 11.9. The molecular weight excluding hydrogens is 352 g/mol. The highest BCUT2D eigenvalue weighted by molar-refractivity contribution is 5.94. The van der Waals surface area contributed by atoms with Crippen LogP contribution in [-0.4, -0.2) is 55.0 Å². The number of anilines is 1. The third kappa shape index (κ3) is 5.10. The van der Waals surface area contributed by atoms with Crippen LogP contribution in [0.15, 0.2) is 48.5 Å². The van der Waals surface area contributed by atoms with Crippen molar-refractivity contribution >= 4 is 11.6 Å².